The Morgan fingerprint density at radius 1 is 1.39 bits per heavy atom. The molecule has 0 saturated carbocycles. The molecule has 3 nitrogen and oxygen atoms in total. The Labute approximate surface area is 108 Å². The van der Waals surface area contributed by atoms with Gasteiger partial charge in [-0.25, -0.2) is 0 Å². The molecule has 0 radical (unpaired) electrons. The van der Waals surface area contributed by atoms with E-state index in [0.717, 1.165) is 12.8 Å². The molecule has 1 aromatic rings. The van der Waals surface area contributed by atoms with Crippen LogP contribution in [0.25, 0.3) is 0 Å². The first-order valence-electron chi connectivity index (χ1n) is 5.64. The van der Waals surface area contributed by atoms with Crippen LogP contribution in [0, 0.1) is 0 Å². The molecule has 1 rings (SSSR count). The second kappa shape index (κ2) is 7.73. The third-order valence-electron chi connectivity index (χ3n) is 2.43. The van der Waals surface area contributed by atoms with E-state index in [9.17, 15) is 13.2 Å². The van der Waals surface area contributed by atoms with Gasteiger partial charge in [-0.3, -0.25) is 11.3 Å². The van der Waals surface area contributed by atoms with Gasteiger partial charge in [0.15, 0.2) is 0 Å². The van der Waals surface area contributed by atoms with Crippen molar-refractivity contribution in [1.29, 1.82) is 0 Å². The van der Waals surface area contributed by atoms with Gasteiger partial charge in [0.25, 0.3) is 0 Å². The van der Waals surface area contributed by atoms with E-state index in [1.54, 1.807) is 11.3 Å². The number of alkyl halides is 3. The highest BCUT2D eigenvalue weighted by Crippen LogP contribution is 2.15. The molecule has 0 amide bonds. The summed E-state index contributed by atoms with van der Waals surface area (Å²) in [6.45, 7) is -1.14. The molecule has 1 heterocycles. The third kappa shape index (κ3) is 6.95. The Kier molecular flexibility index (Phi) is 6.62. The largest absolute Gasteiger partial charge is 0.411 e. The van der Waals surface area contributed by atoms with Crippen LogP contribution in [-0.4, -0.2) is 25.4 Å². The minimum Gasteiger partial charge on any atom is -0.372 e. The second-order valence-electron chi connectivity index (χ2n) is 3.94. The van der Waals surface area contributed by atoms with Crippen molar-refractivity contribution >= 4 is 11.3 Å². The van der Waals surface area contributed by atoms with Gasteiger partial charge in [-0.15, -0.1) is 11.3 Å². The van der Waals surface area contributed by atoms with Crippen LogP contribution < -0.4 is 11.3 Å². The van der Waals surface area contributed by atoms with Crippen molar-refractivity contribution < 1.29 is 17.9 Å². The van der Waals surface area contributed by atoms with E-state index >= 15 is 0 Å². The van der Waals surface area contributed by atoms with Gasteiger partial charge < -0.3 is 4.74 Å². The Hall–Kier alpha value is -0.630. The second-order valence-corrected chi connectivity index (χ2v) is 4.97. The zero-order chi connectivity index (χ0) is 13.4. The maximum Gasteiger partial charge on any atom is 0.411 e. The van der Waals surface area contributed by atoms with Crippen molar-refractivity contribution in [2.45, 2.75) is 31.5 Å². The normalized spacial score (nSPS) is 13.8. The van der Waals surface area contributed by atoms with E-state index in [1.165, 1.54) is 4.88 Å². The molecule has 104 valence electrons. The topological polar surface area (TPSA) is 47.3 Å². The van der Waals surface area contributed by atoms with Crippen LogP contribution >= 0.6 is 11.3 Å². The summed E-state index contributed by atoms with van der Waals surface area (Å²) >= 11 is 1.66. The number of nitrogens with one attached hydrogen (secondary N) is 1. The molecule has 0 aliphatic heterocycles. The van der Waals surface area contributed by atoms with E-state index in [-0.39, 0.29) is 12.6 Å². The lowest BCUT2D eigenvalue weighted by atomic mass is 10.1. The fourth-order valence-electron chi connectivity index (χ4n) is 1.50. The predicted octanol–water partition coefficient (Wildman–Crippen LogP) is 2.48. The fraction of sp³-hybridized carbons (Fsp3) is 0.636. The van der Waals surface area contributed by atoms with Crippen LogP contribution in [0.1, 0.15) is 17.7 Å². The summed E-state index contributed by atoms with van der Waals surface area (Å²) in [4.78, 5) is 1.24. The van der Waals surface area contributed by atoms with Crippen molar-refractivity contribution in [3.05, 3.63) is 22.4 Å². The zero-order valence-corrected chi connectivity index (χ0v) is 10.7. The number of thiophene rings is 1. The number of aryl methyl sites for hydroxylation is 1. The van der Waals surface area contributed by atoms with Crippen LogP contribution in [-0.2, 0) is 11.2 Å². The molecule has 0 aliphatic carbocycles. The van der Waals surface area contributed by atoms with Gasteiger partial charge in [-0.05, 0) is 30.7 Å². The first-order chi connectivity index (χ1) is 8.51. The minimum atomic E-state index is -4.26. The van der Waals surface area contributed by atoms with Crippen molar-refractivity contribution in [3.8, 4) is 0 Å². The molecular weight excluding hydrogens is 265 g/mol. The summed E-state index contributed by atoms with van der Waals surface area (Å²) in [7, 11) is 0. The minimum absolute atomic E-state index is 0.0275. The van der Waals surface area contributed by atoms with Gasteiger partial charge in [0.1, 0.15) is 6.61 Å². The molecular formula is C11H17F3N2OS. The van der Waals surface area contributed by atoms with Crippen LogP contribution in [0.2, 0.25) is 0 Å². The molecule has 0 saturated heterocycles. The standard InChI is InChI=1S/C11H17F3N2OS/c12-11(13,14)8-17-6-5-9(16-15)3-4-10-2-1-7-18-10/h1-2,7,9,16H,3-6,8,15H2. The lowest BCUT2D eigenvalue weighted by molar-refractivity contribution is -0.174. The summed E-state index contributed by atoms with van der Waals surface area (Å²) in [6.07, 6.45) is -2.14. The van der Waals surface area contributed by atoms with Crippen LogP contribution in [0.15, 0.2) is 17.5 Å². The van der Waals surface area contributed by atoms with Gasteiger partial charge >= 0.3 is 6.18 Å². The van der Waals surface area contributed by atoms with E-state index in [2.05, 4.69) is 10.2 Å². The summed E-state index contributed by atoms with van der Waals surface area (Å²) in [5, 5.41) is 1.99. The summed E-state index contributed by atoms with van der Waals surface area (Å²) in [5.41, 5.74) is 2.61. The number of hydrazine groups is 1. The first-order valence-corrected chi connectivity index (χ1v) is 6.52. The number of halogens is 3. The molecule has 18 heavy (non-hydrogen) atoms. The van der Waals surface area contributed by atoms with Crippen molar-refractivity contribution in [1.82, 2.24) is 5.43 Å². The average Bonchev–Trinajstić information content (AvgIpc) is 2.79. The first kappa shape index (κ1) is 15.4. The Morgan fingerprint density at radius 2 is 2.17 bits per heavy atom. The number of hydrogen-bond donors (Lipinski definition) is 2. The Balaban J connectivity index is 2.13. The molecule has 7 heteroatoms. The molecule has 0 aromatic carbocycles. The third-order valence-corrected chi connectivity index (χ3v) is 3.37. The quantitative estimate of drug-likeness (QED) is 0.437. The lowest BCUT2D eigenvalue weighted by Crippen LogP contribution is -2.36. The predicted molar refractivity (Wildman–Crippen MR) is 65.2 cm³/mol. The highest BCUT2D eigenvalue weighted by Gasteiger charge is 2.27. The van der Waals surface area contributed by atoms with E-state index in [1.807, 2.05) is 17.5 Å². The summed E-state index contributed by atoms with van der Waals surface area (Å²) in [5.74, 6) is 5.36. The SMILES string of the molecule is NNC(CCOCC(F)(F)F)CCc1cccs1. The Bertz CT molecular complexity index is 317. The Morgan fingerprint density at radius 3 is 2.72 bits per heavy atom. The zero-order valence-electron chi connectivity index (χ0n) is 9.87. The highest BCUT2D eigenvalue weighted by atomic mass is 32.1. The molecule has 1 unspecified atom stereocenters. The maximum atomic E-state index is 11.8. The summed E-state index contributed by atoms with van der Waals surface area (Å²) in [6, 6.07) is 3.97. The van der Waals surface area contributed by atoms with Gasteiger partial charge in [0.05, 0.1) is 0 Å². The van der Waals surface area contributed by atoms with Crippen LogP contribution in [0.5, 0.6) is 0 Å². The molecule has 0 fully saturated rings. The highest BCUT2D eigenvalue weighted by molar-refractivity contribution is 7.09. The molecule has 3 N–H and O–H groups in total. The fourth-order valence-corrected chi connectivity index (χ4v) is 2.22. The number of ether oxygens (including phenoxy) is 1. The van der Waals surface area contributed by atoms with Crippen LogP contribution in [0.3, 0.4) is 0 Å². The number of hydrogen-bond acceptors (Lipinski definition) is 4. The molecule has 0 bridgehead atoms. The van der Waals surface area contributed by atoms with Gasteiger partial charge in [-0.1, -0.05) is 6.07 Å². The molecule has 1 atom stereocenters. The van der Waals surface area contributed by atoms with E-state index in [0.29, 0.717) is 6.42 Å². The molecule has 0 aliphatic rings. The van der Waals surface area contributed by atoms with Crippen LogP contribution in [0.4, 0.5) is 13.2 Å². The van der Waals surface area contributed by atoms with Crippen molar-refractivity contribution in [2.75, 3.05) is 13.2 Å². The van der Waals surface area contributed by atoms with Gasteiger partial charge in [0, 0.05) is 17.5 Å². The lowest BCUT2D eigenvalue weighted by Gasteiger charge is -2.15. The van der Waals surface area contributed by atoms with E-state index < -0.39 is 12.8 Å². The van der Waals surface area contributed by atoms with Crippen molar-refractivity contribution in [2.24, 2.45) is 5.84 Å². The number of nitrogens with two attached hydrogens (primary N) is 1. The average molecular weight is 282 g/mol. The molecule has 0 spiro atoms. The monoisotopic (exact) mass is 282 g/mol. The number of rotatable bonds is 8. The van der Waals surface area contributed by atoms with E-state index in [4.69, 9.17) is 5.84 Å². The maximum absolute atomic E-state index is 11.8. The summed E-state index contributed by atoms with van der Waals surface area (Å²) < 4.78 is 40.0. The van der Waals surface area contributed by atoms with Crippen molar-refractivity contribution in [3.63, 3.8) is 0 Å². The van der Waals surface area contributed by atoms with Gasteiger partial charge in [0.2, 0.25) is 0 Å². The van der Waals surface area contributed by atoms with Gasteiger partial charge in [-0.2, -0.15) is 13.2 Å². The smallest absolute Gasteiger partial charge is 0.372 e. The molecule has 1 aromatic heterocycles.